The molecule has 2 aromatic rings. The Kier molecular flexibility index (Phi) is 6.00. The lowest BCUT2D eigenvalue weighted by Gasteiger charge is -2.20. The molecule has 0 radical (unpaired) electrons. The fourth-order valence-electron chi connectivity index (χ4n) is 2.58. The van der Waals surface area contributed by atoms with Crippen molar-refractivity contribution in [3.63, 3.8) is 0 Å². The van der Waals surface area contributed by atoms with E-state index in [4.69, 9.17) is 0 Å². The molecule has 2 rings (SSSR count). The van der Waals surface area contributed by atoms with Crippen molar-refractivity contribution in [2.24, 2.45) is 0 Å². The smallest absolute Gasteiger partial charge is 0.0699 e. The van der Waals surface area contributed by atoms with Crippen molar-refractivity contribution in [3.8, 4) is 0 Å². The van der Waals surface area contributed by atoms with Crippen molar-refractivity contribution in [1.82, 2.24) is 15.1 Å². The molecule has 0 saturated carbocycles. The number of likely N-dealkylation sites (N-methyl/N-ethyl adjacent to an activating group) is 1. The van der Waals surface area contributed by atoms with Gasteiger partial charge in [0.1, 0.15) is 0 Å². The zero-order valence-corrected chi connectivity index (χ0v) is 14.7. The largest absolute Gasteiger partial charge is 0.309 e. The highest BCUT2D eigenvalue weighted by molar-refractivity contribution is 9.10. The van der Waals surface area contributed by atoms with Gasteiger partial charge in [0.05, 0.1) is 22.4 Å². The van der Waals surface area contributed by atoms with Crippen LogP contribution in [0.15, 0.2) is 34.9 Å². The Morgan fingerprint density at radius 1 is 1.24 bits per heavy atom. The van der Waals surface area contributed by atoms with Gasteiger partial charge in [-0.25, -0.2) is 0 Å². The second-order valence-electron chi connectivity index (χ2n) is 5.40. The average molecular weight is 350 g/mol. The highest BCUT2D eigenvalue weighted by atomic mass is 79.9. The summed E-state index contributed by atoms with van der Waals surface area (Å²) in [6, 6.07) is 9.07. The van der Waals surface area contributed by atoms with Crippen LogP contribution in [0.3, 0.4) is 0 Å². The summed E-state index contributed by atoms with van der Waals surface area (Å²) in [7, 11) is 0. The Balaban J connectivity index is 2.26. The lowest BCUT2D eigenvalue weighted by atomic mass is 10.0. The summed E-state index contributed by atoms with van der Waals surface area (Å²) in [6.45, 7) is 8.35. The van der Waals surface area contributed by atoms with Crippen molar-refractivity contribution in [2.75, 3.05) is 6.54 Å². The molecule has 1 aromatic heterocycles. The fraction of sp³-hybridized carbons (Fsp3) is 0.471. The highest BCUT2D eigenvalue weighted by Gasteiger charge is 2.19. The standard InChI is InChI=1S/C17H24BrN3/c1-4-10-21-17(15(18)12-20-21)16(19-5-2)11-14-8-6-13(3)7-9-14/h6-9,12,16,19H,4-5,10-11H2,1-3H3. The van der Waals surface area contributed by atoms with Gasteiger partial charge in [0.25, 0.3) is 0 Å². The first-order valence-corrected chi connectivity index (χ1v) is 8.45. The van der Waals surface area contributed by atoms with Crippen molar-refractivity contribution in [3.05, 3.63) is 51.8 Å². The Morgan fingerprint density at radius 3 is 2.57 bits per heavy atom. The Morgan fingerprint density at radius 2 is 1.95 bits per heavy atom. The summed E-state index contributed by atoms with van der Waals surface area (Å²) >= 11 is 3.66. The maximum Gasteiger partial charge on any atom is 0.0699 e. The van der Waals surface area contributed by atoms with Crippen LogP contribution in [0.2, 0.25) is 0 Å². The maximum absolute atomic E-state index is 4.49. The van der Waals surface area contributed by atoms with Crippen LogP contribution in [-0.2, 0) is 13.0 Å². The van der Waals surface area contributed by atoms with Gasteiger partial charge < -0.3 is 5.32 Å². The molecule has 21 heavy (non-hydrogen) atoms. The van der Waals surface area contributed by atoms with E-state index >= 15 is 0 Å². The molecule has 4 heteroatoms. The van der Waals surface area contributed by atoms with Crippen molar-refractivity contribution >= 4 is 15.9 Å². The van der Waals surface area contributed by atoms with Crippen LogP contribution in [0.5, 0.6) is 0 Å². The van der Waals surface area contributed by atoms with Gasteiger partial charge in [0, 0.05) is 6.54 Å². The van der Waals surface area contributed by atoms with E-state index < -0.39 is 0 Å². The Bertz CT molecular complexity index is 560. The van der Waals surface area contributed by atoms with E-state index in [1.165, 1.54) is 16.8 Å². The molecular formula is C17H24BrN3. The molecular weight excluding hydrogens is 326 g/mol. The molecule has 114 valence electrons. The number of benzene rings is 1. The van der Waals surface area contributed by atoms with Crippen LogP contribution < -0.4 is 5.32 Å². The Labute approximate surface area is 135 Å². The van der Waals surface area contributed by atoms with Gasteiger partial charge in [-0.3, -0.25) is 4.68 Å². The highest BCUT2D eigenvalue weighted by Crippen LogP contribution is 2.26. The van der Waals surface area contributed by atoms with Gasteiger partial charge in [-0.1, -0.05) is 43.7 Å². The minimum atomic E-state index is 0.279. The number of aromatic nitrogens is 2. The summed E-state index contributed by atoms with van der Waals surface area (Å²) < 4.78 is 3.21. The minimum absolute atomic E-state index is 0.279. The van der Waals surface area contributed by atoms with E-state index in [9.17, 15) is 0 Å². The van der Waals surface area contributed by atoms with Gasteiger partial charge >= 0.3 is 0 Å². The van der Waals surface area contributed by atoms with E-state index in [0.717, 1.165) is 30.4 Å². The van der Waals surface area contributed by atoms with E-state index in [2.05, 4.69) is 76.1 Å². The molecule has 0 aliphatic carbocycles. The van der Waals surface area contributed by atoms with Crippen LogP contribution in [0, 0.1) is 6.92 Å². The zero-order valence-electron chi connectivity index (χ0n) is 13.1. The molecule has 0 amide bonds. The molecule has 1 aromatic carbocycles. The first-order valence-electron chi connectivity index (χ1n) is 7.65. The zero-order chi connectivity index (χ0) is 15.2. The van der Waals surface area contributed by atoms with E-state index in [1.807, 2.05) is 6.20 Å². The van der Waals surface area contributed by atoms with E-state index in [-0.39, 0.29) is 6.04 Å². The number of hydrogen-bond donors (Lipinski definition) is 1. The maximum atomic E-state index is 4.49. The molecule has 0 bridgehead atoms. The van der Waals surface area contributed by atoms with Crippen LogP contribution in [-0.4, -0.2) is 16.3 Å². The second kappa shape index (κ2) is 7.76. The first-order chi connectivity index (χ1) is 10.2. The first kappa shape index (κ1) is 16.2. The van der Waals surface area contributed by atoms with Gasteiger partial charge in [-0.05, 0) is 47.8 Å². The summed E-state index contributed by atoms with van der Waals surface area (Å²) in [4.78, 5) is 0. The number of nitrogens with zero attached hydrogens (tertiary/aromatic N) is 2. The third-order valence-corrected chi connectivity index (χ3v) is 4.22. The number of hydrogen-bond acceptors (Lipinski definition) is 2. The molecule has 3 nitrogen and oxygen atoms in total. The quantitative estimate of drug-likeness (QED) is 0.809. The van der Waals surface area contributed by atoms with Crippen molar-refractivity contribution < 1.29 is 0 Å². The predicted molar refractivity (Wildman–Crippen MR) is 91.5 cm³/mol. The Hall–Kier alpha value is -1.13. The third-order valence-electron chi connectivity index (χ3n) is 3.61. The predicted octanol–water partition coefficient (Wildman–Crippen LogP) is 4.26. The SMILES string of the molecule is CCCn1ncc(Br)c1C(Cc1ccc(C)cc1)NCC. The molecule has 0 fully saturated rings. The number of halogens is 1. The van der Waals surface area contributed by atoms with Crippen LogP contribution >= 0.6 is 15.9 Å². The average Bonchev–Trinajstić information content (AvgIpc) is 2.82. The molecule has 0 saturated heterocycles. The third kappa shape index (κ3) is 4.17. The number of nitrogens with one attached hydrogen (secondary N) is 1. The van der Waals surface area contributed by atoms with Crippen LogP contribution in [0.1, 0.15) is 43.1 Å². The molecule has 1 N–H and O–H groups in total. The molecule has 0 aliphatic heterocycles. The normalized spacial score (nSPS) is 12.6. The van der Waals surface area contributed by atoms with Crippen LogP contribution in [0.25, 0.3) is 0 Å². The summed E-state index contributed by atoms with van der Waals surface area (Å²) in [5.74, 6) is 0. The van der Waals surface area contributed by atoms with Gasteiger partial charge in [0.15, 0.2) is 0 Å². The van der Waals surface area contributed by atoms with Gasteiger partial charge in [-0.2, -0.15) is 5.10 Å². The molecule has 1 unspecified atom stereocenters. The molecule has 1 heterocycles. The molecule has 0 spiro atoms. The lowest BCUT2D eigenvalue weighted by molar-refractivity contribution is 0.476. The topological polar surface area (TPSA) is 29.9 Å². The van der Waals surface area contributed by atoms with Crippen molar-refractivity contribution in [2.45, 2.75) is 46.2 Å². The fourth-order valence-corrected chi connectivity index (χ4v) is 3.15. The summed E-state index contributed by atoms with van der Waals surface area (Å²) in [6.07, 6.45) is 3.97. The monoisotopic (exact) mass is 349 g/mol. The van der Waals surface area contributed by atoms with Crippen LogP contribution in [0.4, 0.5) is 0 Å². The second-order valence-corrected chi connectivity index (χ2v) is 6.26. The lowest BCUT2D eigenvalue weighted by Crippen LogP contribution is -2.26. The molecule has 1 atom stereocenters. The molecule has 0 aliphatic rings. The van der Waals surface area contributed by atoms with Crippen molar-refractivity contribution in [1.29, 1.82) is 0 Å². The minimum Gasteiger partial charge on any atom is -0.309 e. The van der Waals surface area contributed by atoms with Gasteiger partial charge in [0.2, 0.25) is 0 Å². The summed E-state index contributed by atoms with van der Waals surface area (Å²) in [5, 5.41) is 8.09. The van der Waals surface area contributed by atoms with E-state index in [1.54, 1.807) is 0 Å². The number of aryl methyl sites for hydroxylation is 2. The summed E-state index contributed by atoms with van der Waals surface area (Å²) in [5.41, 5.74) is 3.90. The number of rotatable bonds is 7. The van der Waals surface area contributed by atoms with Gasteiger partial charge in [-0.15, -0.1) is 0 Å². The van der Waals surface area contributed by atoms with E-state index in [0.29, 0.717) is 0 Å².